The highest BCUT2D eigenvalue weighted by molar-refractivity contribution is 7.89. The van der Waals surface area contributed by atoms with E-state index in [0.717, 1.165) is 6.42 Å². The Kier molecular flexibility index (Phi) is 7.66. The molecule has 0 radical (unpaired) electrons. The van der Waals surface area contributed by atoms with Gasteiger partial charge in [0.25, 0.3) is 0 Å². The van der Waals surface area contributed by atoms with Gasteiger partial charge < -0.3 is 14.6 Å². The average Bonchev–Trinajstić information content (AvgIpc) is 2.46. The Morgan fingerprint density at radius 3 is 2.48 bits per heavy atom. The summed E-state index contributed by atoms with van der Waals surface area (Å²) in [7, 11) is -2.03. The SMILES string of the molecule is CCCC(COC)NS(=O)(=O)c1ccc(OCCO)cc1. The van der Waals surface area contributed by atoms with Gasteiger partial charge in [0, 0.05) is 13.2 Å². The summed E-state index contributed by atoms with van der Waals surface area (Å²) in [6.45, 7) is 2.42. The summed E-state index contributed by atoms with van der Waals surface area (Å²) < 4.78 is 37.4. The molecule has 120 valence electrons. The Balaban J connectivity index is 2.76. The number of aliphatic hydroxyl groups excluding tert-OH is 1. The number of benzene rings is 1. The second-order valence-corrected chi connectivity index (χ2v) is 6.32. The topological polar surface area (TPSA) is 84.9 Å². The van der Waals surface area contributed by atoms with E-state index in [0.29, 0.717) is 18.8 Å². The van der Waals surface area contributed by atoms with E-state index in [-0.39, 0.29) is 24.2 Å². The molecule has 0 heterocycles. The number of aliphatic hydroxyl groups is 1. The number of sulfonamides is 1. The minimum Gasteiger partial charge on any atom is -0.491 e. The number of nitrogens with one attached hydrogen (secondary N) is 1. The second kappa shape index (κ2) is 8.99. The first kappa shape index (κ1) is 17.9. The molecule has 0 bridgehead atoms. The predicted octanol–water partition coefficient (Wildman–Crippen LogP) is 1.15. The maximum atomic E-state index is 12.3. The fourth-order valence-corrected chi connectivity index (χ4v) is 3.15. The van der Waals surface area contributed by atoms with Gasteiger partial charge in [0.1, 0.15) is 12.4 Å². The second-order valence-electron chi connectivity index (χ2n) is 4.61. The van der Waals surface area contributed by atoms with Crippen LogP contribution >= 0.6 is 0 Å². The summed E-state index contributed by atoms with van der Waals surface area (Å²) >= 11 is 0. The summed E-state index contributed by atoms with van der Waals surface area (Å²) in [5.74, 6) is 0.519. The summed E-state index contributed by atoms with van der Waals surface area (Å²) in [4.78, 5) is 0.177. The predicted molar refractivity (Wildman–Crippen MR) is 79.9 cm³/mol. The fraction of sp³-hybridized carbons (Fsp3) is 0.571. The molecule has 1 aromatic rings. The highest BCUT2D eigenvalue weighted by Crippen LogP contribution is 2.16. The van der Waals surface area contributed by atoms with E-state index in [4.69, 9.17) is 14.6 Å². The van der Waals surface area contributed by atoms with Crippen LogP contribution in [0.15, 0.2) is 29.2 Å². The lowest BCUT2D eigenvalue weighted by Crippen LogP contribution is -2.37. The molecular weight excluding hydrogens is 294 g/mol. The Morgan fingerprint density at radius 1 is 1.29 bits per heavy atom. The van der Waals surface area contributed by atoms with Crippen molar-refractivity contribution in [1.29, 1.82) is 0 Å². The molecule has 0 aliphatic carbocycles. The smallest absolute Gasteiger partial charge is 0.240 e. The van der Waals surface area contributed by atoms with Gasteiger partial charge in [-0.25, -0.2) is 13.1 Å². The van der Waals surface area contributed by atoms with Crippen LogP contribution in [-0.2, 0) is 14.8 Å². The number of ether oxygens (including phenoxy) is 2. The van der Waals surface area contributed by atoms with Crippen molar-refractivity contribution in [2.75, 3.05) is 26.9 Å². The van der Waals surface area contributed by atoms with Crippen LogP contribution in [0.25, 0.3) is 0 Å². The van der Waals surface area contributed by atoms with E-state index in [9.17, 15) is 8.42 Å². The molecule has 1 aromatic carbocycles. The van der Waals surface area contributed by atoms with Crippen LogP contribution in [0.1, 0.15) is 19.8 Å². The lowest BCUT2D eigenvalue weighted by molar-refractivity contribution is 0.171. The molecule has 0 aliphatic rings. The van der Waals surface area contributed by atoms with Crippen molar-refractivity contribution in [2.24, 2.45) is 0 Å². The van der Waals surface area contributed by atoms with E-state index >= 15 is 0 Å². The maximum Gasteiger partial charge on any atom is 0.240 e. The van der Waals surface area contributed by atoms with Gasteiger partial charge >= 0.3 is 0 Å². The van der Waals surface area contributed by atoms with Gasteiger partial charge in [-0.05, 0) is 30.7 Å². The van der Waals surface area contributed by atoms with Crippen LogP contribution in [0.4, 0.5) is 0 Å². The summed E-state index contributed by atoms with van der Waals surface area (Å²) in [6.07, 6.45) is 1.58. The van der Waals surface area contributed by atoms with Crippen molar-refractivity contribution >= 4 is 10.0 Å². The highest BCUT2D eigenvalue weighted by Gasteiger charge is 2.19. The summed E-state index contributed by atoms with van der Waals surface area (Å²) in [6, 6.07) is 5.84. The average molecular weight is 317 g/mol. The van der Waals surface area contributed by atoms with Crippen molar-refractivity contribution in [3.8, 4) is 5.75 Å². The summed E-state index contributed by atoms with van der Waals surface area (Å²) in [5.41, 5.74) is 0. The van der Waals surface area contributed by atoms with E-state index < -0.39 is 10.0 Å². The third-order valence-corrected chi connectivity index (χ3v) is 4.36. The Labute approximate surface area is 126 Å². The molecule has 1 atom stereocenters. The van der Waals surface area contributed by atoms with E-state index in [1.54, 1.807) is 19.2 Å². The highest BCUT2D eigenvalue weighted by atomic mass is 32.2. The van der Waals surface area contributed by atoms with Crippen LogP contribution < -0.4 is 9.46 Å². The van der Waals surface area contributed by atoms with Crippen molar-refractivity contribution in [3.05, 3.63) is 24.3 Å². The third kappa shape index (κ3) is 6.01. The van der Waals surface area contributed by atoms with Crippen molar-refractivity contribution in [2.45, 2.75) is 30.7 Å². The first-order chi connectivity index (χ1) is 10.0. The molecule has 1 rings (SSSR count). The van der Waals surface area contributed by atoms with E-state index in [1.807, 2.05) is 6.92 Å². The number of hydrogen-bond acceptors (Lipinski definition) is 5. The molecular formula is C14H23NO5S. The van der Waals surface area contributed by atoms with Gasteiger partial charge in [-0.1, -0.05) is 13.3 Å². The molecule has 21 heavy (non-hydrogen) atoms. The van der Waals surface area contributed by atoms with E-state index in [1.165, 1.54) is 12.1 Å². The minimum atomic E-state index is -3.58. The number of rotatable bonds is 10. The molecule has 0 saturated carbocycles. The van der Waals surface area contributed by atoms with Crippen LogP contribution in [0.2, 0.25) is 0 Å². The van der Waals surface area contributed by atoms with Crippen molar-refractivity contribution < 1.29 is 23.0 Å². The number of hydrogen-bond donors (Lipinski definition) is 2. The van der Waals surface area contributed by atoms with Crippen LogP contribution in [-0.4, -0.2) is 46.5 Å². The monoisotopic (exact) mass is 317 g/mol. The Morgan fingerprint density at radius 2 is 1.95 bits per heavy atom. The molecule has 6 nitrogen and oxygen atoms in total. The minimum absolute atomic E-state index is 0.0860. The molecule has 1 unspecified atom stereocenters. The van der Waals surface area contributed by atoms with Gasteiger partial charge in [0.05, 0.1) is 18.1 Å². The maximum absolute atomic E-state index is 12.3. The zero-order chi connectivity index (χ0) is 15.7. The van der Waals surface area contributed by atoms with Crippen molar-refractivity contribution in [3.63, 3.8) is 0 Å². The number of methoxy groups -OCH3 is 1. The molecule has 0 aromatic heterocycles. The van der Waals surface area contributed by atoms with Crippen LogP contribution in [0, 0.1) is 0 Å². The lowest BCUT2D eigenvalue weighted by atomic mass is 10.2. The Bertz CT molecular complexity index is 495. The molecule has 0 spiro atoms. The van der Waals surface area contributed by atoms with Gasteiger partial charge in [0.2, 0.25) is 10.0 Å². The molecule has 0 fully saturated rings. The lowest BCUT2D eigenvalue weighted by Gasteiger charge is -2.17. The molecule has 0 saturated heterocycles. The molecule has 0 amide bonds. The summed E-state index contributed by atoms with van der Waals surface area (Å²) in [5, 5.41) is 8.67. The van der Waals surface area contributed by atoms with Crippen LogP contribution in [0.3, 0.4) is 0 Å². The van der Waals surface area contributed by atoms with Gasteiger partial charge in [-0.2, -0.15) is 0 Å². The van der Waals surface area contributed by atoms with Crippen molar-refractivity contribution in [1.82, 2.24) is 4.72 Å². The standard InChI is InChI=1S/C14H23NO5S/c1-3-4-12(11-19-2)15-21(17,18)14-7-5-13(6-8-14)20-10-9-16/h5-8,12,15-16H,3-4,9-11H2,1-2H3. The first-order valence-corrected chi connectivity index (χ1v) is 8.36. The quantitative estimate of drug-likeness (QED) is 0.676. The normalized spacial score (nSPS) is 13.1. The Hall–Kier alpha value is -1.15. The van der Waals surface area contributed by atoms with Gasteiger partial charge in [-0.15, -0.1) is 0 Å². The van der Waals surface area contributed by atoms with E-state index in [2.05, 4.69) is 4.72 Å². The largest absolute Gasteiger partial charge is 0.491 e. The van der Waals surface area contributed by atoms with Gasteiger partial charge in [0.15, 0.2) is 0 Å². The molecule has 7 heteroatoms. The van der Waals surface area contributed by atoms with Gasteiger partial charge in [-0.3, -0.25) is 0 Å². The van der Waals surface area contributed by atoms with Crippen LogP contribution in [0.5, 0.6) is 5.75 Å². The molecule has 2 N–H and O–H groups in total. The molecule has 0 aliphatic heterocycles. The fourth-order valence-electron chi connectivity index (χ4n) is 1.89. The zero-order valence-corrected chi connectivity index (χ0v) is 13.2. The third-order valence-electron chi connectivity index (χ3n) is 2.82. The first-order valence-electron chi connectivity index (χ1n) is 6.88. The zero-order valence-electron chi connectivity index (χ0n) is 12.4.